The van der Waals surface area contributed by atoms with Crippen molar-refractivity contribution in [2.75, 3.05) is 0 Å². The molecule has 1 aliphatic carbocycles. The highest BCUT2D eigenvalue weighted by Crippen LogP contribution is 2.51. The van der Waals surface area contributed by atoms with Gasteiger partial charge in [0.05, 0.1) is 11.7 Å². The van der Waals surface area contributed by atoms with Crippen LogP contribution >= 0.6 is 0 Å². The van der Waals surface area contributed by atoms with Crippen molar-refractivity contribution in [3.63, 3.8) is 0 Å². The van der Waals surface area contributed by atoms with Crippen LogP contribution < -0.4 is 5.32 Å². The molecule has 0 aromatic carbocycles. The van der Waals surface area contributed by atoms with E-state index in [1.807, 2.05) is 0 Å². The minimum atomic E-state index is -0.349. The van der Waals surface area contributed by atoms with Crippen molar-refractivity contribution >= 4 is 5.91 Å². The van der Waals surface area contributed by atoms with E-state index in [0.717, 1.165) is 19.3 Å². The summed E-state index contributed by atoms with van der Waals surface area (Å²) in [5.74, 6) is 0.921. The maximum Gasteiger partial charge on any atom is 0.244 e. The number of carbonyl (C=O) groups excluding carboxylic acids is 1. The van der Waals surface area contributed by atoms with E-state index in [4.69, 9.17) is 0 Å². The highest BCUT2D eigenvalue weighted by Gasteiger charge is 2.58. The minimum Gasteiger partial charge on any atom is -0.322 e. The SMILES string of the molecule is CCC1(C)NC(CC(C)C)N(C2CC2(C)C)C1=O. The molecule has 18 heavy (non-hydrogen) atoms. The third-order valence-corrected chi connectivity index (χ3v) is 4.73. The molecule has 0 spiro atoms. The number of nitrogens with zero attached hydrogens (tertiary/aromatic N) is 1. The molecule has 2 fully saturated rings. The normalized spacial score (nSPS) is 38.6. The van der Waals surface area contributed by atoms with E-state index < -0.39 is 0 Å². The van der Waals surface area contributed by atoms with Crippen molar-refractivity contribution in [2.45, 2.75) is 78.6 Å². The summed E-state index contributed by atoms with van der Waals surface area (Å²) in [5, 5.41) is 3.58. The number of hydrogen-bond donors (Lipinski definition) is 1. The monoisotopic (exact) mass is 252 g/mol. The predicted octanol–water partition coefficient (Wildman–Crippen LogP) is 2.76. The largest absolute Gasteiger partial charge is 0.322 e. The van der Waals surface area contributed by atoms with E-state index in [1.54, 1.807) is 0 Å². The summed E-state index contributed by atoms with van der Waals surface area (Å²) in [6, 6.07) is 0.439. The summed E-state index contributed by atoms with van der Waals surface area (Å²) in [6.07, 6.45) is 3.29. The third kappa shape index (κ3) is 2.18. The molecule has 0 aromatic rings. The van der Waals surface area contributed by atoms with Crippen LogP contribution in [0.5, 0.6) is 0 Å². The van der Waals surface area contributed by atoms with Crippen molar-refractivity contribution in [3.05, 3.63) is 0 Å². The molecule has 0 aromatic heterocycles. The van der Waals surface area contributed by atoms with E-state index in [2.05, 4.69) is 51.8 Å². The van der Waals surface area contributed by atoms with Gasteiger partial charge < -0.3 is 4.90 Å². The molecule has 2 aliphatic rings. The molecular weight excluding hydrogens is 224 g/mol. The lowest BCUT2D eigenvalue weighted by Crippen LogP contribution is -2.44. The van der Waals surface area contributed by atoms with E-state index in [1.165, 1.54) is 0 Å². The second-order valence-corrected chi connectivity index (χ2v) is 7.40. The molecule has 1 aliphatic heterocycles. The molecule has 1 N–H and O–H groups in total. The van der Waals surface area contributed by atoms with Crippen LogP contribution in [-0.2, 0) is 4.79 Å². The van der Waals surface area contributed by atoms with Gasteiger partial charge in [-0.05, 0) is 37.5 Å². The molecule has 1 amide bonds. The average molecular weight is 252 g/mol. The molecular formula is C15H28N2O. The van der Waals surface area contributed by atoms with Gasteiger partial charge in [-0.15, -0.1) is 0 Å². The fourth-order valence-corrected chi connectivity index (χ4v) is 3.07. The van der Waals surface area contributed by atoms with Crippen molar-refractivity contribution in [1.29, 1.82) is 0 Å². The van der Waals surface area contributed by atoms with Crippen LogP contribution in [0.3, 0.4) is 0 Å². The number of carbonyl (C=O) groups is 1. The Morgan fingerprint density at radius 1 is 1.39 bits per heavy atom. The third-order valence-electron chi connectivity index (χ3n) is 4.73. The standard InChI is InChI=1S/C15H28N2O/c1-7-15(6)13(18)17(11-9-14(11,4)5)12(16-15)8-10(2)3/h10-12,16H,7-9H2,1-6H3. The van der Waals surface area contributed by atoms with Gasteiger partial charge in [-0.3, -0.25) is 10.1 Å². The Labute approximate surface area is 111 Å². The van der Waals surface area contributed by atoms with Crippen molar-refractivity contribution in [3.8, 4) is 0 Å². The summed E-state index contributed by atoms with van der Waals surface area (Å²) in [4.78, 5) is 14.8. The summed E-state index contributed by atoms with van der Waals surface area (Å²) in [6.45, 7) is 13.1. The second kappa shape index (κ2) is 4.22. The Morgan fingerprint density at radius 2 is 1.94 bits per heavy atom. The Bertz CT molecular complexity index is 350. The van der Waals surface area contributed by atoms with Crippen molar-refractivity contribution in [1.82, 2.24) is 10.2 Å². The molecule has 1 heterocycles. The van der Waals surface area contributed by atoms with E-state index in [9.17, 15) is 4.79 Å². The Balaban J connectivity index is 2.20. The van der Waals surface area contributed by atoms with Gasteiger partial charge in [-0.2, -0.15) is 0 Å². The van der Waals surface area contributed by atoms with Crippen LogP contribution in [0, 0.1) is 11.3 Å². The number of nitrogens with one attached hydrogen (secondary N) is 1. The number of amides is 1. The van der Waals surface area contributed by atoms with Gasteiger partial charge in [0.1, 0.15) is 0 Å². The topological polar surface area (TPSA) is 32.3 Å². The first-order chi connectivity index (χ1) is 8.21. The van der Waals surface area contributed by atoms with Gasteiger partial charge in [-0.1, -0.05) is 34.6 Å². The van der Waals surface area contributed by atoms with Gasteiger partial charge in [0.2, 0.25) is 5.91 Å². The maximum atomic E-state index is 12.7. The summed E-state index contributed by atoms with van der Waals surface area (Å²) in [5.41, 5.74) is -0.0379. The molecule has 0 radical (unpaired) electrons. The lowest BCUT2D eigenvalue weighted by molar-refractivity contribution is -0.134. The lowest BCUT2D eigenvalue weighted by atomic mass is 9.99. The van der Waals surface area contributed by atoms with E-state index >= 15 is 0 Å². The molecule has 1 saturated heterocycles. The molecule has 104 valence electrons. The fourth-order valence-electron chi connectivity index (χ4n) is 3.07. The van der Waals surface area contributed by atoms with Gasteiger partial charge >= 0.3 is 0 Å². The predicted molar refractivity (Wildman–Crippen MR) is 74.1 cm³/mol. The number of hydrogen-bond acceptors (Lipinski definition) is 2. The molecule has 3 atom stereocenters. The zero-order valence-electron chi connectivity index (χ0n) is 12.7. The van der Waals surface area contributed by atoms with E-state index in [0.29, 0.717) is 23.3 Å². The molecule has 3 unspecified atom stereocenters. The Morgan fingerprint density at radius 3 is 2.33 bits per heavy atom. The fraction of sp³-hybridized carbons (Fsp3) is 0.933. The van der Waals surface area contributed by atoms with E-state index in [-0.39, 0.29) is 11.7 Å². The van der Waals surface area contributed by atoms with Crippen LogP contribution in [-0.4, -0.2) is 28.6 Å². The maximum absolute atomic E-state index is 12.7. The quantitative estimate of drug-likeness (QED) is 0.834. The lowest BCUT2D eigenvalue weighted by Gasteiger charge is -2.27. The van der Waals surface area contributed by atoms with Gasteiger partial charge in [0.25, 0.3) is 0 Å². The van der Waals surface area contributed by atoms with Crippen LogP contribution in [0.15, 0.2) is 0 Å². The molecule has 3 heteroatoms. The molecule has 3 nitrogen and oxygen atoms in total. The van der Waals surface area contributed by atoms with Crippen LogP contribution in [0.4, 0.5) is 0 Å². The molecule has 1 saturated carbocycles. The van der Waals surface area contributed by atoms with Crippen LogP contribution in [0.2, 0.25) is 0 Å². The van der Waals surface area contributed by atoms with Crippen molar-refractivity contribution < 1.29 is 4.79 Å². The average Bonchev–Trinajstić information content (AvgIpc) is 2.77. The summed E-state index contributed by atoms with van der Waals surface area (Å²) >= 11 is 0. The highest BCUT2D eigenvalue weighted by molar-refractivity contribution is 5.89. The van der Waals surface area contributed by atoms with Crippen LogP contribution in [0.1, 0.15) is 60.8 Å². The summed E-state index contributed by atoms with van der Waals surface area (Å²) < 4.78 is 0. The van der Waals surface area contributed by atoms with Crippen molar-refractivity contribution in [2.24, 2.45) is 11.3 Å². The van der Waals surface area contributed by atoms with Gasteiger partial charge in [0, 0.05) is 6.04 Å². The van der Waals surface area contributed by atoms with Gasteiger partial charge in [-0.25, -0.2) is 0 Å². The first-order valence-electron chi connectivity index (χ1n) is 7.32. The highest BCUT2D eigenvalue weighted by atomic mass is 16.2. The second-order valence-electron chi connectivity index (χ2n) is 7.40. The summed E-state index contributed by atoms with van der Waals surface area (Å²) in [7, 11) is 0. The van der Waals surface area contributed by atoms with Gasteiger partial charge in [0.15, 0.2) is 0 Å². The Hall–Kier alpha value is -0.570. The minimum absolute atomic E-state index is 0.231. The first kappa shape index (κ1) is 13.9. The first-order valence-corrected chi connectivity index (χ1v) is 7.32. The molecule has 2 rings (SSSR count). The zero-order chi connectivity index (χ0) is 13.7. The Kier molecular flexibility index (Phi) is 3.25. The zero-order valence-corrected chi connectivity index (χ0v) is 12.7. The smallest absolute Gasteiger partial charge is 0.244 e. The molecule has 0 bridgehead atoms. The number of rotatable bonds is 4. The van der Waals surface area contributed by atoms with Crippen LogP contribution in [0.25, 0.3) is 0 Å².